The first-order valence-corrected chi connectivity index (χ1v) is 6.15. The first-order valence-electron chi connectivity index (χ1n) is 6.15. The predicted octanol–water partition coefficient (Wildman–Crippen LogP) is 2.13. The Labute approximate surface area is 103 Å². The molecule has 0 radical (unpaired) electrons. The number of nitrogens with one attached hydrogen (secondary N) is 1. The maximum atomic E-state index is 5.46. The van der Waals surface area contributed by atoms with Gasteiger partial charge in [-0.1, -0.05) is 6.07 Å². The molecule has 0 saturated carbocycles. The highest BCUT2D eigenvalue weighted by Crippen LogP contribution is 2.08. The molecule has 17 heavy (non-hydrogen) atoms. The summed E-state index contributed by atoms with van der Waals surface area (Å²) >= 11 is 0. The van der Waals surface area contributed by atoms with Gasteiger partial charge in [-0.15, -0.1) is 0 Å². The second-order valence-electron chi connectivity index (χ2n) is 3.72. The molecule has 1 atom stereocenters. The van der Waals surface area contributed by atoms with E-state index in [1.54, 1.807) is 6.20 Å². The molecule has 0 aromatic carbocycles. The highest BCUT2D eigenvalue weighted by Gasteiger charge is 2.11. The van der Waals surface area contributed by atoms with Gasteiger partial charge in [0.15, 0.2) is 6.29 Å². The largest absolute Gasteiger partial charge is 0.352 e. The Morgan fingerprint density at radius 1 is 1.24 bits per heavy atom. The fourth-order valence-corrected chi connectivity index (χ4v) is 1.55. The monoisotopic (exact) mass is 238 g/mol. The quantitative estimate of drug-likeness (QED) is 0.705. The third kappa shape index (κ3) is 5.26. The molecule has 1 rings (SSSR count). The molecule has 96 valence electrons. The molecule has 0 unspecified atom stereocenters. The van der Waals surface area contributed by atoms with Crippen LogP contribution in [0, 0.1) is 0 Å². The van der Waals surface area contributed by atoms with Gasteiger partial charge in [0.2, 0.25) is 0 Å². The molecule has 1 aromatic heterocycles. The van der Waals surface area contributed by atoms with E-state index < -0.39 is 0 Å². The van der Waals surface area contributed by atoms with Crippen LogP contribution in [0.2, 0.25) is 0 Å². The van der Waals surface area contributed by atoms with Crippen molar-refractivity contribution in [3.05, 3.63) is 30.1 Å². The van der Waals surface area contributed by atoms with Gasteiger partial charge in [-0.25, -0.2) is 0 Å². The van der Waals surface area contributed by atoms with Crippen LogP contribution in [-0.4, -0.2) is 31.0 Å². The van der Waals surface area contributed by atoms with Crippen LogP contribution in [0.5, 0.6) is 0 Å². The van der Waals surface area contributed by atoms with Crippen molar-refractivity contribution in [2.75, 3.05) is 19.8 Å². The molecule has 0 spiro atoms. The summed E-state index contributed by atoms with van der Waals surface area (Å²) in [5, 5.41) is 3.36. The Morgan fingerprint density at radius 3 is 2.47 bits per heavy atom. The van der Waals surface area contributed by atoms with Crippen LogP contribution in [0.4, 0.5) is 0 Å². The van der Waals surface area contributed by atoms with Crippen molar-refractivity contribution in [3.63, 3.8) is 0 Å². The molecule has 0 aliphatic rings. The predicted molar refractivity (Wildman–Crippen MR) is 67.7 cm³/mol. The van der Waals surface area contributed by atoms with E-state index >= 15 is 0 Å². The van der Waals surface area contributed by atoms with Crippen molar-refractivity contribution >= 4 is 0 Å². The smallest absolute Gasteiger partial charge is 0.169 e. The van der Waals surface area contributed by atoms with E-state index in [-0.39, 0.29) is 12.3 Å². The lowest BCUT2D eigenvalue weighted by Crippen LogP contribution is -2.33. The summed E-state index contributed by atoms with van der Waals surface area (Å²) < 4.78 is 10.9. The van der Waals surface area contributed by atoms with Gasteiger partial charge in [0, 0.05) is 32.0 Å². The van der Waals surface area contributed by atoms with Crippen LogP contribution in [0.15, 0.2) is 24.4 Å². The molecule has 0 aliphatic carbocycles. The van der Waals surface area contributed by atoms with Crippen molar-refractivity contribution in [2.45, 2.75) is 33.1 Å². The van der Waals surface area contributed by atoms with Gasteiger partial charge in [-0.05, 0) is 32.9 Å². The lowest BCUT2D eigenvalue weighted by molar-refractivity contribution is -0.133. The van der Waals surface area contributed by atoms with Gasteiger partial charge >= 0.3 is 0 Å². The summed E-state index contributed by atoms with van der Waals surface area (Å²) in [7, 11) is 0. The molecule has 0 aliphatic heterocycles. The number of hydrogen-bond donors (Lipinski definition) is 1. The summed E-state index contributed by atoms with van der Waals surface area (Å²) in [5.41, 5.74) is 1.03. The first kappa shape index (κ1) is 14.1. The molecule has 0 bridgehead atoms. The van der Waals surface area contributed by atoms with Crippen LogP contribution >= 0.6 is 0 Å². The Hall–Kier alpha value is -0.970. The molecule has 4 heteroatoms. The van der Waals surface area contributed by atoms with E-state index in [1.165, 1.54) is 0 Å². The second kappa shape index (κ2) is 8.17. The fraction of sp³-hybridized carbons (Fsp3) is 0.615. The third-order valence-corrected chi connectivity index (χ3v) is 2.43. The number of hydrogen-bond acceptors (Lipinski definition) is 4. The molecule has 4 nitrogen and oxygen atoms in total. The lowest BCUT2D eigenvalue weighted by atomic mass is 10.2. The number of rotatable bonds is 8. The molecular weight excluding hydrogens is 216 g/mol. The fourth-order valence-electron chi connectivity index (χ4n) is 1.55. The number of pyridine rings is 1. The Kier molecular flexibility index (Phi) is 6.77. The lowest BCUT2D eigenvalue weighted by Gasteiger charge is -2.20. The molecular formula is C13H22N2O2. The average molecular weight is 238 g/mol. The standard InChI is InChI=1S/C13H22N2O2/c1-4-16-13(17-5-2)10-15-11(3)12-8-6-7-9-14-12/h6-9,11,13,15H,4-5,10H2,1-3H3/t11-/m0/s1. The SMILES string of the molecule is CCOC(CN[C@@H](C)c1ccccn1)OCC. The van der Waals surface area contributed by atoms with E-state index in [2.05, 4.69) is 17.2 Å². The maximum absolute atomic E-state index is 5.46. The van der Waals surface area contributed by atoms with Crippen LogP contribution in [0.3, 0.4) is 0 Å². The molecule has 1 N–H and O–H groups in total. The summed E-state index contributed by atoms with van der Waals surface area (Å²) in [6, 6.07) is 6.11. The third-order valence-electron chi connectivity index (χ3n) is 2.43. The van der Waals surface area contributed by atoms with Crippen molar-refractivity contribution in [2.24, 2.45) is 0 Å². The van der Waals surface area contributed by atoms with Gasteiger partial charge in [0.1, 0.15) is 0 Å². The van der Waals surface area contributed by atoms with Gasteiger partial charge in [-0.3, -0.25) is 4.98 Å². The molecule has 0 saturated heterocycles. The first-order chi connectivity index (χ1) is 8.27. The average Bonchev–Trinajstić information content (AvgIpc) is 2.37. The summed E-state index contributed by atoms with van der Waals surface area (Å²) in [4.78, 5) is 4.30. The molecule has 0 fully saturated rings. The van der Waals surface area contributed by atoms with Crippen molar-refractivity contribution in [1.29, 1.82) is 0 Å². The van der Waals surface area contributed by atoms with E-state index in [0.717, 1.165) is 5.69 Å². The summed E-state index contributed by atoms with van der Waals surface area (Å²) in [6.45, 7) is 7.99. The van der Waals surface area contributed by atoms with Gasteiger partial charge in [0.05, 0.1) is 5.69 Å². The maximum Gasteiger partial charge on any atom is 0.169 e. The summed E-state index contributed by atoms with van der Waals surface area (Å²) in [5.74, 6) is 0. The van der Waals surface area contributed by atoms with Crippen molar-refractivity contribution < 1.29 is 9.47 Å². The van der Waals surface area contributed by atoms with Crippen LogP contribution in [0.1, 0.15) is 32.5 Å². The minimum atomic E-state index is -0.184. The Morgan fingerprint density at radius 2 is 1.94 bits per heavy atom. The minimum Gasteiger partial charge on any atom is -0.352 e. The van der Waals surface area contributed by atoms with Crippen LogP contribution < -0.4 is 5.32 Å². The van der Waals surface area contributed by atoms with Crippen molar-refractivity contribution in [1.82, 2.24) is 10.3 Å². The van der Waals surface area contributed by atoms with Crippen molar-refractivity contribution in [3.8, 4) is 0 Å². The van der Waals surface area contributed by atoms with Gasteiger partial charge < -0.3 is 14.8 Å². The topological polar surface area (TPSA) is 43.4 Å². The molecule has 1 heterocycles. The molecule has 1 aromatic rings. The highest BCUT2D eigenvalue weighted by molar-refractivity contribution is 5.07. The normalized spacial score (nSPS) is 12.9. The van der Waals surface area contributed by atoms with E-state index in [0.29, 0.717) is 19.8 Å². The Bertz CT molecular complexity index is 287. The zero-order valence-corrected chi connectivity index (χ0v) is 10.8. The summed E-state index contributed by atoms with van der Waals surface area (Å²) in [6.07, 6.45) is 1.62. The second-order valence-corrected chi connectivity index (χ2v) is 3.72. The van der Waals surface area contributed by atoms with Gasteiger partial charge in [0.25, 0.3) is 0 Å². The number of ether oxygens (including phenoxy) is 2. The number of nitrogens with zero attached hydrogens (tertiary/aromatic N) is 1. The van der Waals surface area contributed by atoms with Gasteiger partial charge in [-0.2, -0.15) is 0 Å². The Balaban J connectivity index is 2.38. The zero-order chi connectivity index (χ0) is 12.5. The van der Waals surface area contributed by atoms with E-state index in [4.69, 9.17) is 9.47 Å². The van der Waals surface area contributed by atoms with Crippen LogP contribution in [0.25, 0.3) is 0 Å². The highest BCUT2D eigenvalue weighted by atomic mass is 16.7. The van der Waals surface area contributed by atoms with Crippen LogP contribution in [-0.2, 0) is 9.47 Å². The number of aromatic nitrogens is 1. The molecule has 0 amide bonds. The zero-order valence-electron chi connectivity index (χ0n) is 10.8. The van der Waals surface area contributed by atoms with E-state index in [9.17, 15) is 0 Å². The minimum absolute atomic E-state index is 0.184. The van der Waals surface area contributed by atoms with E-state index in [1.807, 2.05) is 32.0 Å².